The molecule has 134 valence electrons. The van der Waals surface area contributed by atoms with Gasteiger partial charge in [0.15, 0.2) is 5.78 Å². The van der Waals surface area contributed by atoms with Crippen molar-refractivity contribution in [2.24, 2.45) is 0 Å². The van der Waals surface area contributed by atoms with Gasteiger partial charge in [0.05, 0.1) is 34.9 Å². The van der Waals surface area contributed by atoms with Gasteiger partial charge in [-0.2, -0.15) is 0 Å². The van der Waals surface area contributed by atoms with Gasteiger partial charge < -0.3 is 10.1 Å². The van der Waals surface area contributed by atoms with Crippen LogP contribution in [0.25, 0.3) is 10.9 Å². The largest absolute Gasteiger partial charge is 0.380 e. The fourth-order valence-corrected chi connectivity index (χ4v) is 3.67. The molecule has 2 aromatic rings. The van der Waals surface area contributed by atoms with Crippen LogP contribution in [-0.4, -0.2) is 41.1 Å². The van der Waals surface area contributed by atoms with Crippen LogP contribution in [0.2, 0.25) is 5.02 Å². The van der Waals surface area contributed by atoms with Crippen LogP contribution in [-0.2, 0) is 16.1 Å². The van der Waals surface area contributed by atoms with Crippen LogP contribution in [0.15, 0.2) is 27.7 Å². The molecule has 3 rings (SSSR count). The SMILES string of the molecule is COC1CCCNC1CC(=O)Cn1cnc2cc(Br)c(Cl)cc2c1=O. The second-order valence-electron chi connectivity index (χ2n) is 6.18. The fraction of sp³-hybridized carbons (Fsp3) is 0.471. The Labute approximate surface area is 158 Å². The monoisotopic (exact) mass is 427 g/mol. The van der Waals surface area contributed by atoms with Gasteiger partial charge in [0.2, 0.25) is 0 Å². The Morgan fingerprint density at radius 1 is 1.52 bits per heavy atom. The number of carbonyl (C=O) groups excluding carboxylic acids is 1. The van der Waals surface area contributed by atoms with Crippen LogP contribution < -0.4 is 10.9 Å². The third kappa shape index (κ3) is 4.11. The van der Waals surface area contributed by atoms with E-state index in [1.54, 1.807) is 19.2 Å². The number of ketones is 1. The van der Waals surface area contributed by atoms with E-state index in [4.69, 9.17) is 16.3 Å². The first-order valence-corrected chi connectivity index (χ1v) is 9.28. The number of halogens is 2. The van der Waals surface area contributed by atoms with Gasteiger partial charge in [0, 0.05) is 24.0 Å². The van der Waals surface area contributed by atoms with Gasteiger partial charge in [-0.1, -0.05) is 11.6 Å². The second-order valence-corrected chi connectivity index (χ2v) is 7.44. The van der Waals surface area contributed by atoms with E-state index < -0.39 is 0 Å². The third-order valence-electron chi connectivity index (χ3n) is 4.48. The van der Waals surface area contributed by atoms with E-state index in [2.05, 4.69) is 26.2 Å². The van der Waals surface area contributed by atoms with Crippen molar-refractivity contribution in [2.75, 3.05) is 13.7 Å². The first kappa shape index (κ1) is 18.5. The molecule has 1 aliphatic heterocycles. The smallest absolute Gasteiger partial charge is 0.261 e. The van der Waals surface area contributed by atoms with Crippen molar-refractivity contribution in [1.82, 2.24) is 14.9 Å². The van der Waals surface area contributed by atoms with Crippen LogP contribution in [0.4, 0.5) is 0 Å². The highest BCUT2D eigenvalue weighted by Crippen LogP contribution is 2.25. The van der Waals surface area contributed by atoms with E-state index in [1.807, 2.05) is 0 Å². The quantitative estimate of drug-likeness (QED) is 0.792. The number of piperidine rings is 1. The minimum absolute atomic E-state index is 0.00985. The zero-order chi connectivity index (χ0) is 18.0. The predicted octanol–water partition coefficient (Wildman–Crippen LogP) is 2.54. The number of nitrogens with zero attached hydrogens (tertiary/aromatic N) is 2. The van der Waals surface area contributed by atoms with Gasteiger partial charge in [-0.05, 0) is 47.4 Å². The molecule has 25 heavy (non-hydrogen) atoms. The lowest BCUT2D eigenvalue weighted by molar-refractivity contribution is -0.121. The van der Waals surface area contributed by atoms with Crippen molar-refractivity contribution in [3.05, 3.63) is 38.3 Å². The molecule has 0 aliphatic carbocycles. The van der Waals surface area contributed by atoms with E-state index >= 15 is 0 Å². The molecular weight excluding hydrogens is 410 g/mol. The zero-order valence-electron chi connectivity index (χ0n) is 13.8. The van der Waals surface area contributed by atoms with Crippen molar-refractivity contribution in [3.63, 3.8) is 0 Å². The number of fused-ring (bicyclic) bond motifs is 1. The summed E-state index contributed by atoms with van der Waals surface area (Å²) in [6, 6.07) is 3.25. The molecule has 0 bridgehead atoms. The molecule has 1 saturated heterocycles. The average Bonchev–Trinajstić information content (AvgIpc) is 2.60. The molecule has 2 atom stereocenters. The number of hydrogen-bond acceptors (Lipinski definition) is 5. The Balaban J connectivity index is 1.78. The van der Waals surface area contributed by atoms with Crippen LogP contribution in [0.5, 0.6) is 0 Å². The normalized spacial score (nSPS) is 20.8. The molecule has 0 saturated carbocycles. The Bertz CT molecular complexity index is 855. The Morgan fingerprint density at radius 3 is 3.08 bits per heavy atom. The standard InChI is InChI=1S/C17H19BrClN3O3/c1-25-16-3-2-4-20-15(16)5-10(23)8-22-9-21-14-7-12(18)13(19)6-11(14)17(22)24/h6-7,9,15-16,20H,2-5,8H2,1H3. The highest BCUT2D eigenvalue weighted by molar-refractivity contribution is 9.10. The first-order chi connectivity index (χ1) is 12.0. The number of rotatable bonds is 5. The number of ether oxygens (including phenoxy) is 1. The molecule has 0 spiro atoms. The van der Waals surface area contributed by atoms with E-state index in [0.29, 0.717) is 26.8 Å². The number of carbonyl (C=O) groups is 1. The van der Waals surface area contributed by atoms with Gasteiger partial charge >= 0.3 is 0 Å². The van der Waals surface area contributed by atoms with E-state index in [0.717, 1.165) is 19.4 Å². The lowest BCUT2D eigenvalue weighted by atomic mass is 9.96. The Morgan fingerprint density at radius 2 is 2.32 bits per heavy atom. The molecular formula is C17H19BrClN3O3. The maximum absolute atomic E-state index is 12.6. The number of benzene rings is 1. The molecule has 1 aromatic heterocycles. The molecule has 1 N–H and O–H groups in total. The summed E-state index contributed by atoms with van der Waals surface area (Å²) in [6.45, 7) is 0.868. The lowest BCUT2D eigenvalue weighted by Crippen LogP contribution is -2.47. The maximum atomic E-state index is 12.6. The van der Waals surface area contributed by atoms with Crippen LogP contribution in [0.3, 0.4) is 0 Å². The summed E-state index contributed by atoms with van der Waals surface area (Å²) in [5, 5.41) is 4.16. The van der Waals surface area contributed by atoms with Crippen molar-refractivity contribution >= 4 is 44.2 Å². The molecule has 1 fully saturated rings. The number of nitrogens with one attached hydrogen (secondary N) is 1. The van der Waals surface area contributed by atoms with Crippen LogP contribution >= 0.6 is 27.5 Å². The average molecular weight is 429 g/mol. The summed E-state index contributed by atoms with van der Waals surface area (Å²) in [7, 11) is 1.66. The minimum atomic E-state index is -0.271. The first-order valence-electron chi connectivity index (χ1n) is 8.11. The van der Waals surface area contributed by atoms with Crippen molar-refractivity contribution in [1.29, 1.82) is 0 Å². The van der Waals surface area contributed by atoms with E-state index in [-0.39, 0.29) is 30.0 Å². The second kappa shape index (κ2) is 7.95. The highest BCUT2D eigenvalue weighted by Gasteiger charge is 2.26. The van der Waals surface area contributed by atoms with Crippen molar-refractivity contribution in [2.45, 2.75) is 38.0 Å². The van der Waals surface area contributed by atoms with E-state index in [9.17, 15) is 9.59 Å². The summed E-state index contributed by atoms with van der Waals surface area (Å²) in [6.07, 6.45) is 3.73. The lowest BCUT2D eigenvalue weighted by Gasteiger charge is -2.31. The molecule has 6 nitrogen and oxygen atoms in total. The van der Waals surface area contributed by atoms with Crippen LogP contribution in [0, 0.1) is 0 Å². The number of aromatic nitrogens is 2. The summed E-state index contributed by atoms with van der Waals surface area (Å²) < 4.78 is 7.46. The maximum Gasteiger partial charge on any atom is 0.261 e. The van der Waals surface area contributed by atoms with Crippen molar-refractivity contribution < 1.29 is 9.53 Å². The molecule has 1 aromatic carbocycles. The highest BCUT2D eigenvalue weighted by atomic mass is 79.9. The summed E-state index contributed by atoms with van der Waals surface area (Å²) in [5.41, 5.74) is 0.269. The van der Waals surface area contributed by atoms with Gasteiger partial charge in [-0.15, -0.1) is 0 Å². The van der Waals surface area contributed by atoms with Gasteiger partial charge in [-0.3, -0.25) is 14.2 Å². The molecule has 2 heterocycles. The van der Waals surface area contributed by atoms with Gasteiger partial charge in [0.1, 0.15) is 0 Å². The predicted molar refractivity (Wildman–Crippen MR) is 100 cm³/mol. The Kier molecular flexibility index (Phi) is 5.89. The molecule has 0 radical (unpaired) electrons. The van der Waals surface area contributed by atoms with Gasteiger partial charge in [0.25, 0.3) is 5.56 Å². The fourth-order valence-electron chi connectivity index (χ4n) is 3.18. The zero-order valence-corrected chi connectivity index (χ0v) is 16.1. The summed E-state index contributed by atoms with van der Waals surface area (Å²) in [5.74, 6) is -0.0343. The third-order valence-corrected chi connectivity index (χ3v) is 5.68. The Hall–Kier alpha value is -1.28. The van der Waals surface area contributed by atoms with E-state index in [1.165, 1.54) is 10.9 Å². The molecule has 0 amide bonds. The van der Waals surface area contributed by atoms with Crippen molar-refractivity contribution in [3.8, 4) is 0 Å². The molecule has 2 unspecified atom stereocenters. The summed E-state index contributed by atoms with van der Waals surface area (Å²) >= 11 is 9.38. The number of methoxy groups -OCH3 is 1. The van der Waals surface area contributed by atoms with Crippen LogP contribution in [0.1, 0.15) is 19.3 Å². The molecule has 8 heteroatoms. The van der Waals surface area contributed by atoms with Gasteiger partial charge in [-0.25, -0.2) is 4.98 Å². The minimum Gasteiger partial charge on any atom is -0.380 e. The topological polar surface area (TPSA) is 73.2 Å². The molecule has 1 aliphatic rings. The number of Topliss-reactive ketones (excluding diaryl/α,β-unsaturated/α-hetero) is 1. The summed E-state index contributed by atoms with van der Waals surface area (Å²) in [4.78, 5) is 29.3. The number of hydrogen-bond donors (Lipinski definition) is 1.